The van der Waals surface area contributed by atoms with Crippen LogP contribution in [0.3, 0.4) is 0 Å². The van der Waals surface area contributed by atoms with Crippen LogP contribution in [0.5, 0.6) is 5.75 Å². The van der Waals surface area contributed by atoms with E-state index in [1.165, 1.54) is 25.1 Å². The molecule has 1 aromatic rings. The molecule has 1 saturated heterocycles. The molecule has 112 valence electrons. The van der Waals surface area contributed by atoms with Crippen molar-refractivity contribution in [2.75, 3.05) is 33.3 Å². The fourth-order valence-corrected chi connectivity index (χ4v) is 2.80. The summed E-state index contributed by atoms with van der Waals surface area (Å²) in [6, 6.07) is 9.02. The van der Waals surface area contributed by atoms with Gasteiger partial charge in [0.15, 0.2) is 0 Å². The molecule has 3 heteroatoms. The Morgan fingerprint density at radius 3 is 3.00 bits per heavy atom. The average Bonchev–Trinajstić information content (AvgIpc) is 2.91. The Kier molecular flexibility index (Phi) is 5.86. The predicted molar refractivity (Wildman–Crippen MR) is 84.4 cm³/mol. The van der Waals surface area contributed by atoms with Crippen LogP contribution in [0, 0.1) is 5.92 Å². The number of rotatable bonds is 7. The van der Waals surface area contributed by atoms with Gasteiger partial charge in [0, 0.05) is 19.1 Å². The summed E-state index contributed by atoms with van der Waals surface area (Å²) in [5.74, 6) is 1.78. The lowest BCUT2D eigenvalue weighted by Gasteiger charge is -2.17. The Morgan fingerprint density at radius 1 is 1.40 bits per heavy atom. The van der Waals surface area contributed by atoms with E-state index < -0.39 is 0 Å². The number of ether oxygens (including phenoxy) is 1. The van der Waals surface area contributed by atoms with Crippen molar-refractivity contribution in [3.8, 4) is 5.75 Å². The van der Waals surface area contributed by atoms with E-state index in [9.17, 15) is 0 Å². The summed E-state index contributed by atoms with van der Waals surface area (Å²) >= 11 is 0. The molecule has 1 aromatic carbocycles. The predicted octanol–water partition coefficient (Wildman–Crippen LogP) is 2.56. The van der Waals surface area contributed by atoms with Crippen LogP contribution in [-0.2, 0) is 6.42 Å². The topological polar surface area (TPSA) is 24.5 Å². The fraction of sp³-hybridized carbons (Fsp3) is 0.647. The third-order valence-corrected chi connectivity index (χ3v) is 4.04. The van der Waals surface area contributed by atoms with E-state index in [2.05, 4.69) is 42.3 Å². The van der Waals surface area contributed by atoms with Crippen LogP contribution in [0.15, 0.2) is 24.3 Å². The van der Waals surface area contributed by atoms with Gasteiger partial charge in [0.25, 0.3) is 0 Å². The molecule has 1 unspecified atom stereocenters. The van der Waals surface area contributed by atoms with Gasteiger partial charge in [-0.2, -0.15) is 0 Å². The Labute approximate surface area is 123 Å². The van der Waals surface area contributed by atoms with Gasteiger partial charge < -0.3 is 15.0 Å². The van der Waals surface area contributed by atoms with Gasteiger partial charge >= 0.3 is 0 Å². The highest BCUT2D eigenvalue weighted by atomic mass is 16.5. The minimum atomic E-state index is 0.598. The molecule has 2 rings (SSSR count). The van der Waals surface area contributed by atoms with E-state index in [-0.39, 0.29) is 0 Å². The molecule has 0 amide bonds. The molecule has 0 aromatic heterocycles. The zero-order valence-electron chi connectivity index (χ0n) is 13.1. The molecular formula is C17H28N2O. The molecule has 1 heterocycles. The van der Waals surface area contributed by atoms with Crippen LogP contribution >= 0.6 is 0 Å². The second-order valence-corrected chi connectivity index (χ2v) is 6.12. The van der Waals surface area contributed by atoms with Crippen LogP contribution in [0.2, 0.25) is 0 Å². The van der Waals surface area contributed by atoms with Crippen LogP contribution in [-0.4, -0.2) is 44.2 Å². The van der Waals surface area contributed by atoms with Crippen molar-refractivity contribution in [2.24, 2.45) is 5.92 Å². The smallest absolute Gasteiger partial charge is 0.119 e. The summed E-state index contributed by atoms with van der Waals surface area (Å²) in [6.45, 7) is 9.24. The molecule has 1 N–H and O–H groups in total. The molecule has 1 atom stereocenters. The van der Waals surface area contributed by atoms with E-state index in [1.54, 1.807) is 7.11 Å². The number of methoxy groups -OCH3 is 1. The number of hydrogen-bond donors (Lipinski definition) is 1. The highest BCUT2D eigenvalue weighted by Crippen LogP contribution is 2.17. The van der Waals surface area contributed by atoms with E-state index in [4.69, 9.17) is 4.74 Å². The van der Waals surface area contributed by atoms with E-state index in [0.29, 0.717) is 6.04 Å². The molecule has 0 bridgehead atoms. The zero-order chi connectivity index (χ0) is 14.4. The molecule has 20 heavy (non-hydrogen) atoms. The summed E-state index contributed by atoms with van der Waals surface area (Å²) in [4.78, 5) is 2.59. The first-order valence-corrected chi connectivity index (χ1v) is 7.76. The number of nitrogens with one attached hydrogen (secondary N) is 1. The molecule has 1 aliphatic heterocycles. The van der Waals surface area contributed by atoms with Crippen molar-refractivity contribution < 1.29 is 4.74 Å². The van der Waals surface area contributed by atoms with Crippen LogP contribution in [0.1, 0.15) is 25.8 Å². The monoisotopic (exact) mass is 276 g/mol. The Hall–Kier alpha value is -1.06. The highest BCUT2D eigenvalue weighted by Gasteiger charge is 2.21. The maximum atomic E-state index is 5.28. The third-order valence-electron chi connectivity index (χ3n) is 4.04. The minimum Gasteiger partial charge on any atom is -0.497 e. The minimum absolute atomic E-state index is 0.598. The standard InChI is InChI=1S/C17H28N2O/c1-14(2)18-12-16-8-10-19(13-16)9-7-15-5-4-6-17(11-15)20-3/h4-6,11,14,16,18H,7-10,12-13H2,1-3H3. The van der Waals surface area contributed by atoms with E-state index >= 15 is 0 Å². The summed E-state index contributed by atoms with van der Waals surface area (Å²) in [6.07, 6.45) is 2.44. The molecule has 0 spiro atoms. The number of nitrogens with zero attached hydrogens (tertiary/aromatic N) is 1. The van der Waals surface area contributed by atoms with Crippen LogP contribution < -0.4 is 10.1 Å². The van der Waals surface area contributed by atoms with Crippen LogP contribution in [0.25, 0.3) is 0 Å². The highest BCUT2D eigenvalue weighted by molar-refractivity contribution is 5.28. The normalized spacial score (nSPS) is 19.7. The SMILES string of the molecule is COc1cccc(CCN2CCC(CNC(C)C)C2)c1. The first-order valence-electron chi connectivity index (χ1n) is 7.76. The lowest BCUT2D eigenvalue weighted by molar-refractivity contribution is 0.323. The Morgan fingerprint density at radius 2 is 2.25 bits per heavy atom. The quantitative estimate of drug-likeness (QED) is 0.828. The molecule has 0 aliphatic carbocycles. The Bertz CT molecular complexity index is 406. The van der Waals surface area contributed by atoms with Gasteiger partial charge in [0.05, 0.1) is 7.11 Å². The number of hydrogen-bond acceptors (Lipinski definition) is 3. The van der Waals surface area contributed by atoms with Gasteiger partial charge in [-0.05, 0) is 49.5 Å². The second-order valence-electron chi connectivity index (χ2n) is 6.12. The average molecular weight is 276 g/mol. The van der Waals surface area contributed by atoms with Crippen molar-refractivity contribution >= 4 is 0 Å². The lowest BCUT2D eigenvalue weighted by atomic mass is 10.1. The number of likely N-dealkylation sites (tertiary alicyclic amines) is 1. The largest absolute Gasteiger partial charge is 0.497 e. The third kappa shape index (κ3) is 4.80. The van der Waals surface area contributed by atoms with Crippen LogP contribution in [0.4, 0.5) is 0 Å². The Balaban J connectivity index is 1.72. The molecular weight excluding hydrogens is 248 g/mol. The number of benzene rings is 1. The van der Waals surface area contributed by atoms with Gasteiger partial charge in [-0.1, -0.05) is 26.0 Å². The van der Waals surface area contributed by atoms with E-state index in [0.717, 1.165) is 31.2 Å². The van der Waals surface area contributed by atoms with Crippen molar-refractivity contribution in [1.29, 1.82) is 0 Å². The molecule has 1 aliphatic rings. The maximum Gasteiger partial charge on any atom is 0.119 e. The van der Waals surface area contributed by atoms with Gasteiger partial charge in [-0.15, -0.1) is 0 Å². The lowest BCUT2D eigenvalue weighted by Crippen LogP contribution is -2.31. The summed E-state index contributed by atoms with van der Waals surface area (Å²) in [7, 11) is 1.73. The van der Waals surface area contributed by atoms with Crippen molar-refractivity contribution in [2.45, 2.75) is 32.7 Å². The first-order chi connectivity index (χ1) is 9.67. The van der Waals surface area contributed by atoms with Crippen molar-refractivity contribution in [1.82, 2.24) is 10.2 Å². The van der Waals surface area contributed by atoms with Gasteiger partial charge in [-0.25, -0.2) is 0 Å². The van der Waals surface area contributed by atoms with Crippen molar-refractivity contribution in [3.05, 3.63) is 29.8 Å². The maximum absolute atomic E-state index is 5.28. The fourth-order valence-electron chi connectivity index (χ4n) is 2.80. The van der Waals surface area contributed by atoms with Gasteiger partial charge in [-0.3, -0.25) is 0 Å². The molecule has 1 fully saturated rings. The molecule has 0 saturated carbocycles. The van der Waals surface area contributed by atoms with E-state index in [1.807, 2.05) is 6.07 Å². The first kappa shape index (κ1) is 15.3. The molecule has 3 nitrogen and oxygen atoms in total. The van der Waals surface area contributed by atoms with Gasteiger partial charge in [0.1, 0.15) is 5.75 Å². The zero-order valence-corrected chi connectivity index (χ0v) is 13.1. The summed E-state index contributed by atoms with van der Waals surface area (Å²) in [5.41, 5.74) is 1.37. The molecule has 0 radical (unpaired) electrons. The summed E-state index contributed by atoms with van der Waals surface area (Å²) < 4.78 is 5.28. The van der Waals surface area contributed by atoms with Crippen molar-refractivity contribution in [3.63, 3.8) is 0 Å². The summed E-state index contributed by atoms with van der Waals surface area (Å²) in [5, 5.41) is 3.55. The second kappa shape index (κ2) is 7.65. The van der Waals surface area contributed by atoms with Gasteiger partial charge in [0.2, 0.25) is 0 Å².